The molecule has 12 heavy (non-hydrogen) atoms. The van der Waals surface area contributed by atoms with Gasteiger partial charge in [-0.15, -0.1) is 0 Å². The summed E-state index contributed by atoms with van der Waals surface area (Å²) in [4.78, 5) is 13.3. The van der Waals surface area contributed by atoms with Gasteiger partial charge in [-0.1, -0.05) is 13.8 Å². The highest BCUT2D eigenvalue weighted by molar-refractivity contribution is 5.80. The quantitative estimate of drug-likeness (QED) is 0.569. The minimum atomic E-state index is 0.212. The van der Waals surface area contributed by atoms with E-state index in [0.29, 0.717) is 5.78 Å². The van der Waals surface area contributed by atoms with Crippen LogP contribution >= 0.6 is 0 Å². The van der Waals surface area contributed by atoms with Crippen LogP contribution in [0.5, 0.6) is 0 Å². The van der Waals surface area contributed by atoms with E-state index in [4.69, 9.17) is 0 Å². The number of hydrogen-bond acceptors (Lipinski definition) is 2. The van der Waals surface area contributed by atoms with Gasteiger partial charge in [0, 0.05) is 12.3 Å². The Balaban J connectivity index is 3.26. The third-order valence-electron chi connectivity index (χ3n) is 1.92. The van der Waals surface area contributed by atoms with Gasteiger partial charge in [-0.3, -0.25) is 4.79 Å². The molecule has 0 saturated heterocycles. The molecule has 0 heterocycles. The Bertz CT molecular complexity index is 130. The summed E-state index contributed by atoms with van der Waals surface area (Å²) >= 11 is 0. The average molecular weight is 171 g/mol. The largest absolute Gasteiger partial charge is 0.309 e. The van der Waals surface area contributed by atoms with Crippen molar-refractivity contribution in [1.82, 2.24) is 4.90 Å². The number of Topliss-reactive ketones (excluding diaryl/α,β-unsaturated/α-hetero) is 1. The van der Waals surface area contributed by atoms with Crippen LogP contribution in [-0.4, -0.2) is 31.3 Å². The number of rotatable bonds is 6. The first-order valence-electron chi connectivity index (χ1n) is 4.71. The second-order valence-corrected chi connectivity index (χ2v) is 3.88. The highest BCUT2D eigenvalue weighted by atomic mass is 16.1. The van der Waals surface area contributed by atoms with E-state index in [9.17, 15) is 4.79 Å². The van der Waals surface area contributed by atoms with Gasteiger partial charge in [-0.25, -0.2) is 0 Å². The molecule has 0 radical (unpaired) electrons. The molecule has 72 valence electrons. The molecular weight excluding hydrogens is 150 g/mol. The first-order valence-corrected chi connectivity index (χ1v) is 4.71. The van der Waals surface area contributed by atoms with E-state index in [1.165, 1.54) is 0 Å². The Labute approximate surface area is 75.9 Å². The van der Waals surface area contributed by atoms with Crippen LogP contribution in [0.15, 0.2) is 0 Å². The number of carbonyl (C=O) groups is 1. The van der Waals surface area contributed by atoms with Crippen molar-refractivity contribution in [2.45, 2.75) is 33.1 Å². The molecule has 2 heteroatoms. The zero-order chi connectivity index (χ0) is 9.56. The van der Waals surface area contributed by atoms with E-state index in [0.717, 1.165) is 25.8 Å². The SMILES string of the molecule is CC(C)C(=O)CCCCN(C)C. The van der Waals surface area contributed by atoms with Crippen molar-refractivity contribution in [1.29, 1.82) is 0 Å². The van der Waals surface area contributed by atoms with Crippen LogP contribution in [0.4, 0.5) is 0 Å². The van der Waals surface area contributed by atoms with Crippen molar-refractivity contribution >= 4 is 5.78 Å². The molecule has 0 rings (SSSR count). The van der Waals surface area contributed by atoms with Crippen LogP contribution in [0.3, 0.4) is 0 Å². The van der Waals surface area contributed by atoms with Crippen molar-refractivity contribution in [2.75, 3.05) is 20.6 Å². The van der Waals surface area contributed by atoms with Crippen LogP contribution in [0.2, 0.25) is 0 Å². The predicted octanol–water partition coefficient (Wildman–Crippen LogP) is 1.94. The van der Waals surface area contributed by atoms with Crippen molar-refractivity contribution in [3.05, 3.63) is 0 Å². The lowest BCUT2D eigenvalue weighted by atomic mass is 10.0. The van der Waals surface area contributed by atoms with Gasteiger partial charge in [-0.2, -0.15) is 0 Å². The third kappa shape index (κ3) is 6.35. The summed E-state index contributed by atoms with van der Waals surface area (Å²) < 4.78 is 0. The molecule has 0 unspecified atom stereocenters. The highest BCUT2D eigenvalue weighted by Gasteiger charge is 2.05. The smallest absolute Gasteiger partial charge is 0.135 e. The maximum absolute atomic E-state index is 11.2. The summed E-state index contributed by atoms with van der Waals surface area (Å²) in [6.45, 7) is 5.02. The van der Waals surface area contributed by atoms with Gasteiger partial charge in [0.15, 0.2) is 0 Å². The summed E-state index contributed by atoms with van der Waals surface area (Å²) in [6, 6.07) is 0. The third-order valence-corrected chi connectivity index (χ3v) is 1.92. The summed E-state index contributed by atoms with van der Waals surface area (Å²) in [5.74, 6) is 0.609. The zero-order valence-electron chi connectivity index (χ0n) is 8.76. The van der Waals surface area contributed by atoms with Crippen LogP contribution in [0.1, 0.15) is 33.1 Å². The molecule has 2 nitrogen and oxygen atoms in total. The minimum Gasteiger partial charge on any atom is -0.309 e. The molecule has 0 aromatic rings. The van der Waals surface area contributed by atoms with E-state index in [2.05, 4.69) is 19.0 Å². The van der Waals surface area contributed by atoms with E-state index in [1.807, 2.05) is 13.8 Å². The lowest BCUT2D eigenvalue weighted by Gasteiger charge is -2.08. The maximum atomic E-state index is 11.2. The van der Waals surface area contributed by atoms with Crippen molar-refractivity contribution in [3.8, 4) is 0 Å². The molecule has 0 N–H and O–H groups in total. The van der Waals surface area contributed by atoms with Gasteiger partial charge in [0.05, 0.1) is 0 Å². The van der Waals surface area contributed by atoms with Gasteiger partial charge in [0.2, 0.25) is 0 Å². The monoisotopic (exact) mass is 171 g/mol. The standard InChI is InChI=1S/C10H21NO/c1-9(2)10(12)7-5-6-8-11(3)4/h9H,5-8H2,1-4H3. The zero-order valence-corrected chi connectivity index (χ0v) is 8.76. The number of unbranched alkanes of at least 4 members (excludes halogenated alkanes) is 1. The molecule has 0 amide bonds. The second kappa shape index (κ2) is 6.18. The first kappa shape index (κ1) is 11.6. The Kier molecular flexibility index (Phi) is 5.99. The highest BCUT2D eigenvalue weighted by Crippen LogP contribution is 2.04. The van der Waals surface area contributed by atoms with Crippen LogP contribution in [0.25, 0.3) is 0 Å². The summed E-state index contributed by atoms with van der Waals surface area (Å²) in [7, 11) is 4.12. The Morgan fingerprint density at radius 3 is 2.25 bits per heavy atom. The molecule has 0 bridgehead atoms. The Morgan fingerprint density at radius 1 is 1.25 bits per heavy atom. The molecule has 0 aliphatic heterocycles. The summed E-state index contributed by atoms with van der Waals surface area (Å²) in [6.07, 6.45) is 2.92. The van der Waals surface area contributed by atoms with Crippen molar-refractivity contribution < 1.29 is 4.79 Å². The number of hydrogen-bond donors (Lipinski definition) is 0. The molecule has 0 fully saturated rings. The molecule has 0 aliphatic rings. The van der Waals surface area contributed by atoms with Gasteiger partial charge in [0.25, 0.3) is 0 Å². The van der Waals surface area contributed by atoms with Crippen molar-refractivity contribution in [3.63, 3.8) is 0 Å². The molecule has 0 saturated carbocycles. The van der Waals surface area contributed by atoms with Gasteiger partial charge >= 0.3 is 0 Å². The van der Waals surface area contributed by atoms with E-state index in [1.54, 1.807) is 0 Å². The maximum Gasteiger partial charge on any atom is 0.135 e. The molecule has 0 aromatic carbocycles. The van der Waals surface area contributed by atoms with Gasteiger partial charge in [-0.05, 0) is 33.5 Å². The summed E-state index contributed by atoms with van der Waals surface area (Å²) in [5.41, 5.74) is 0. The number of nitrogens with zero attached hydrogens (tertiary/aromatic N) is 1. The molecule has 0 atom stereocenters. The van der Waals surface area contributed by atoms with E-state index >= 15 is 0 Å². The van der Waals surface area contributed by atoms with Crippen LogP contribution < -0.4 is 0 Å². The number of ketones is 1. The minimum absolute atomic E-state index is 0.212. The fourth-order valence-electron chi connectivity index (χ4n) is 1.02. The van der Waals surface area contributed by atoms with Crippen LogP contribution in [0, 0.1) is 5.92 Å². The fraction of sp³-hybridized carbons (Fsp3) is 0.900. The summed E-state index contributed by atoms with van der Waals surface area (Å²) in [5, 5.41) is 0. The molecule has 0 spiro atoms. The predicted molar refractivity (Wildman–Crippen MR) is 52.3 cm³/mol. The van der Waals surface area contributed by atoms with Gasteiger partial charge < -0.3 is 4.90 Å². The van der Waals surface area contributed by atoms with Crippen molar-refractivity contribution in [2.24, 2.45) is 5.92 Å². The topological polar surface area (TPSA) is 20.3 Å². The Morgan fingerprint density at radius 2 is 1.83 bits per heavy atom. The molecule has 0 aromatic heterocycles. The second-order valence-electron chi connectivity index (χ2n) is 3.88. The van der Waals surface area contributed by atoms with E-state index in [-0.39, 0.29) is 5.92 Å². The first-order chi connectivity index (χ1) is 5.54. The molecule has 0 aliphatic carbocycles. The molecular formula is C10H21NO. The average Bonchev–Trinajstić information content (AvgIpc) is 1.97. The lowest BCUT2D eigenvalue weighted by Crippen LogP contribution is -2.14. The lowest BCUT2D eigenvalue weighted by molar-refractivity contribution is -0.122. The van der Waals surface area contributed by atoms with Crippen LogP contribution in [-0.2, 0) is 4.79 Å². The fourth-order valence-corrected chi connectivity index (χ4v) is 1.02. The number of carbonyl (C=O) groups excluding carboxylic acids is 1. The normalized spacial score (nSPS) is 11.2. The van der Waals surface area contributed by atoms with Gasteiger partial charge in [0.1, 0.15) is 5.78 Å². The Hall–Kier alpha value is -0.370. The van der Waals surface area contributed by atoms with E-state index < -0.39 is 0 Å².